The van der Waals surface area contributed by atoms with Crippen LogP contribution in [0.5, 0.6) is 5.75 Å². The molecule has 0 aliphatic rings. The number of carbonyl (C=O) groups is 2. The van der Waals surface area contributed by atoms with E-state index in [0.717, 1.165) is 5.56 Å². The molecular formula is C26H23N3O5. The molecule has 8 nitrogen and oxygen atoms in total. The van der Waals surface area contributed by atoms with Gasteiger partial charge in [0.25, 0.3) is 11.8 Å². The van der Waals surface area contributed by atoms with Gasteiger partial charge in [-0.1, -0.05) is 65.8 Å². The number of hydrogen-bond donors (Lipinski definition) is 1. The van der Waals surface area contributed by atoms with Crippen molar-refractivity contribution in [2.24, 2.45) is 0 Å². The number of carbonyl (C=O) groups excluding carboxylic acids is 2. The van der Waals surface area contributed by atoms with Gasteiger partial charge in [-0.2, -0.15) is 4.98 Å². The van der Waals surface area contributed by atoms with Crippen LogP contribution in [-0.4, -0.2) is 35.2 Å². The lowest BCUT2D eigenvalue weighted by molar-refractivity contribution is -0.148. The van der Waals surface area contributed by atoms with Gasteiger partial charge in [-0.3, -0.25) is 4.79 Å². The predicted octanol–water partition coefficient (Wildman–Crippen LogP) is 3.83. The van der Waals surface area contributed by atoms with E-state index in [2.05, 4.69) is 15.5 Å². The molecule has 0 aliphatic heterocycles. The largest absolute Gasteiger partial charge is 0.496 e. The molecule has 0 saturated carbocycles. The molecule has 8 heteroatoms. The number of nitrogens with zero attached hydrogens (tertiary/aromatic N) is 2. The van der Waals surface area contributed by atoms with Crippen molar-refractivity contribution in [3.8, 4) is 17.1 Å². The third kappa shape index (κ3) is 5.66. The number of aromatic nitrogens is 2. The minimum absolute atomic E-state index is 0.127. The van der Waals surface area contributed by atoms with Crippen LogP contribution in [0, 0.1) is 0 Å². The zero-order chi connectivity index (χ0) is 23.8. The topological polar surface area (TPSA) is 104 Å². The van der Waals surface area contributed by atoms with E-state index in [0.29, 0.717) is 22.7 Å². The highest BCUT2D eigenvalue weighted by atomic mass is 16.6. The van der Waals surface area contributed by atoms with Crippen molar-refractivity contribution in [1.82, 2.24) is 15.5 Å². The highest BCUT2D eigenvalue weighted by Gasteiger charge is 2.24. The van der Waals surface area contributed by atoms with Crippen molar-refractivity contribution in [2.45, 2.75) is 19.1 Å². The molecule has 0 saturated heterocycles. The Morgan fingerprint density at radius 2 is 1.62 bits per heavy atom. The van der Waals surface area contributed by atoms with E-state index in [9.17, 15) is 9.59 Å². The molecule has 4 aromatic rings. The molecule has 0 fully saturated rings. The maximum Gasteiger partial charge on any atom is 0.329 e. The van der Waals surface area contributed by atoms with E-state index in [-0.39, 0.29) is 24.8 Å². The third-order valence-corrected chi connectivity index (χ3v) is 5.06. The third-order valence-electron chi connectivity index (χ3n) is 5.06. The van der Waals surface area contributed by atoms with Gasteiger partial charge in [0, 0.05) is 12.0 Å². The standard InChI is InChI=1S/C26H23N3O5/c1-32-22-15-9-8-14-20(22)24-28-23(34-29-24)17-33-26(31)21(16-18-10-4-2-5-11-18)27-25(30)19-12-6-3-7-13-19/h2-15,21H,16-17H2,1H3,(H,27,30). The van der Waals surface area contributed by atoms with Gasteiger partial charge < -0.3 is 19.3 Å². The second-order valence-electron chi connectivity index (χ2n) is 7.40. The van der Waals surface area contributed by atoms with Crippen LogP contribution in [0.15, 0.2) is 89.5 Å². The quantitative estimate of drug-likeness (QED) is 0.381. The van der Waals surface area contributed by atoms with Crippen molar-refractivity contribution >= 4 is 11.9 Å². The molecule has 3 aromatic carbocycles. The number of nitrogens with one attached hydrogen (secondary N) is 1. The summed E-state index contributed by atoms with van der Waals surface area (Å²) >= 11 is 0. The zero-order valence-corrected chi connectivity index (χ0v) is 18.5. The van der Waals surface area contributed by atoms with E-state index in [1.165, 1.54) is 0 Å². The number of benzene rings is 3. The SMILES string of the molecule is COc1ccccc1-c1noc(COC(=O)C(Cc2ccccc2)NC(=O)c2ccccc2)n1. The molecule has 1 heterocycles. The maximum atomic E-state index is 12.9. The fourth-order valence-corrected chi connectivity index (χ4v) is 3.36. The average Bonchev–Trinajstić information content (AvgIpc) is 3.37. The monoisotopic (exact) mass is 457 g/mol. The van der Waals surface area contributed by atoms with Crippen LogP contribution in [-0.2, 0) is 22.6 Å². The van der Waals surface area contributed by atoms with Gasteiger partial charge in [-0.25, -0.2) is 4.79 Å². The van der Waals surface area contributed by atoms with Crippen molar-refractivity contribution in [3.05, 3.63) is 102 Å². The summed E-state index contributed by atoms with van der Waals surface area (Å²) < 4.78 is 16.0. The van der Waals surface area contributed by atoms with Gasteiger partial charge in [0.15, 0.2) is 6.61 Å². The number of ether oxygens (including phenoxy) is 2. The van der Waals surface area contributed by atoms with Crippen LogP contribution in [0.2, 0.25) is 0 Å². The summed E-state index contributed by atoms with van der Waals surface area (Å²) in [5.41, 5.74) is 1.99. The summed E-state index contributed by atoms with van der Waals surface area (Å²) in [6.45, 7) is -0.229. The van der Waals surface area contributed by atoms with Crippen molar-refractivity contribution in [2.75, 3.05) is 7.11 Å². The van der Waals surface area contributed by atoms with Crippen molar-refractivity contribution < 1.29 is 23.6 Å². The Kier molecular flexibility index (Phi) is 7.29. The number of methoxy groups -OCH3 is 1. The molecule has 0 aliphatic carbocycles. The molecule has 0 bridgehead atoms. The van der Waals surface area contributed by atoms with E-state index in [1.54, 1.807) is 43.5 Å². The Morgan fingerprint density at radius 1 is 0.941 bits per heavy atom. The molecule has 1 aromatic heterocycles. The predicted molar refractivity (Wildman–Crippen MR) is 124 cm³/mol. The van der Waals surface area contributed by atoms with Gasteiger partial charge in [0.1, 0.15) is 11.8 Å². The Morgan fingerprint density at radius 3 is 2.35 bits per heavy atom. The van der Waals surface area contributed by atoms with E-state index >= 15 is 0 Å². The number of para-hydroxylation sites is 1. The molecule has 1 N–H and O–H groups in total. The summed E-state index contributed by atoms with van der Waals surface area (Å²) in [5.74, 6) is 0.0714. The molecule has 172 valence electrons. The lowest BCUT2D eigenvalue weighted by Gasteiger charge is -2.17. The van der Waals surface area contributed by atoms with Crippen LogP contribution < -0.4 is 10.1 Å². The summed E-state index contributed by atoms with van der Waals surface area (Å²) in [6.07, 6.45) is 0.272. The highest BCUT2D eigenvalue weighted by Crippen LogP contribution is 2.27. The Balaban J connectivity index is 1.45. The van der Waals surface area contributed by atoms with Gasteiger partial charge in [-0.05, 0) is 29.8 Å². The molecule has 4 rings (SSSR count). The van der Waals surface area contributed by atoms with Crippen molar-refractivity contribution in [1.29, 1.82) is 0 Å². The fourth-order valence-electron chi connectivity index (χ4n) is 3.36. The first kappa shape index (κ1) is 22.7. The second kappa shape index (κ2) is 10.9. The van der Waals surface area contributed by atoms with E-state index < -0.39 is 12.0 Å². The lowest BCUT2D eigenvalue weighted by atomic mass is 10.1. The van der Waals surface area contributed by atoms with Crippen LogP contribution in [0.3, 0.4) is 0 Å². The summed E-state index contributed by atoms with van der Waals surface area (Å²) in [5, 5.41) is 6.71. The molecular weight excluding hydrogens is 434 g/mol. The fraction of sp³-hybridized carbons (Fsp3) is 0.154. The molecule has 0 spiro atoms. The first-order valence-corrected chi connectivity index (χ1v) is 10.7. The summed E-state index contributed by atoms with van der Waals surface area (Å²) in [4.78, 5) is 29.9. The van der Waals surface area contributed by atoms with Crippen LogP contribution >= 0.6 is 0 Å². The minimum Gasteiger partial charge on any atom is -0.496 e. The Labute approximate surface area is 196 Å². The molecule has 1 unspecified atom stereocenters. The van der Waals surface area contributed by atoms with Crippen LogP contribution in [0.1, 0.15) is 21.8 Å². The van der Waals surface area contributed by atoms with Gasteiger partial charge in [0.2, 0.25) is 5.82 Å². The first-order chi connectivity index (χ1) is 16.6. The first-order valence-electron chi connectivity index (χ1n) is 10.7. The summed E-state index contributed by atoms with van der Waals surface area (Å²) in [6, 6.07) is 24.4. The average molecular weight is 457 g/mol. The zero-order valence-electron chi connectivity index (χ0n) is 18.5. The Hall–Kier alpha value is -4.46. The second-order valence-corrected chi connectivity index (χ2v) is 7.40. The highest BCUT2D eigenvalue weighted by molar-refractivity contribution is 5.96. The number of rotatable bonds is 9. The lowest BCUT2D eigenvalue weighted by Crippen LogP contribution is -2.43. The van der Waals surface area contributed by atoms with Crippen molar-refractivity contribution in [3.63, 3.8) is 0 Å². The number of hydrogen-bond acceptors (Lipinski definition) is 7. The molecule has 0 radical (unpaired) electrons. The minimum atomic E-state index is -0.897. The molecule has 34 heavy (non-hydrogen) atoms. The van der Waals surface area contributed by atoms with Gasteiger partial charge >= 0.3 is 5.97 Å². The molecule has 1 atom stereocenters. The number of esters is 1. The normalized spacial score (nSPS) is 11.4. The molecule has 1 amide bonds. The van der Waals surface area contributed by atoms with Crippen LogP contribution in [0.4, 0.5) is 0 Å². The van der Waals surface area contributed by atoms with Gasteiger partial charge in [0.05, 0.1) is 12.7 Å². The summed E-state index contributed by atoms with van der Waals surface area (Å²) in [7, 11) is 1.55. The van der Waals surface area contributed by atoms with E-state index in [4.69, 9.17) is 14.0 Å². The maximum absolute atomic E-state index is 12.9. The Bertz CT molecular complexity index is 1240. The number of amides is 1. The smallest absolute Gasteiger partial charge is 0.329 e. The van der Waals surface area contributed by atoms with E-state index in [1.807, 2.05) is 48.5 Å². The van der Waals surface area contributed by atoms with Gasteiger partial charge in [-0.15, -0.1) is 0 Å². The van der Waals surface area contributed by atoms with Crippen LogP contribution in [0.25, 0.3) is 11.4 Å².